The van der Waals surface area contributed by atoms with E-state index >= 15 is 0 Å². The summed E-state index contributed by atoms with van der Waals surface area (Å²) >= 11 is 3.39. The Bertz CT molecular complexity index is 584. The fourth-order valence-electron chi connectivity index (χ4n) is 3.06. The lowest BCUT2D eigenvalue weighted by atomic mass is 10.1. The number of hydrogen-bond donors (Lipinski definition) is 1. The average Bonchev–Trinajstić information content (AvgIpc) is 2.66. The van der Waals surface area contributed by atoms with Gasteiger partial charge in [-0.05, 0) is 49.4 Å². The van der Waals surface area contributed by atoms with Gasteiger partial charge in [-0.2, -0.15) is 0 Å². The molecule has 0 aliphatic carbocycles. The van der Waals surface area contributed by atoms with Gasteiger partial charge in [-0.1, -0.05) is 15.9 Å². The van der Waals surface area contributed by atoms with Crippen LogP contribution < -0.4 is 5.32 Å². The quantitative estimate of drug-likeness (QED) is 0.228. The van der Waals surface area contributed by atoms with Crippen LogP contribution in [0.3, 0.4) is 0 Å². The Balaban J connectivity index is 0.00000364. The second kappa shape index (κ2) is 13.7. The highest BCUT2D eigenvalue weighted by molar-refractivity contribution is 14.0. The van der Waals surface area contributed by atoms with Gasteiger partial charge in [0.15, 0.2) is 5.96 Å². The van der Waals surface area contributed by atoms with E-state index in [1.165, 1.54) is 6.07 Å². The molecule has 0 amide bonds. The van der Waals surface area contributed by atoms with Gasteiger partial charge >= 0.3 is 0 Å². The molecule has 1 saturated heterocycles. The molecule has 0 unspecified atom stereocenters. The minimum absolute atomic E-state index is 0. The van der Waals surface area contributed by atoms with Gasteiger partial charge in [0.25, 0.3) is 0 Å². The molecule has 0 bridgehead atoms. The highest BCUT2D eigenvalue weighted by atomic mass is 127. The molecule has 1 aliphatic heterocycles. The van der Waals surface area contributed by atoms with Crippen LogP contribution in [0.25, 0.3) is 0 Å². The first-order chi connectivity index (χ1) is 12.6. The van der Waals surface area contributed by atoms with Crippen molar-refractivity contribution >= 4 is 45.9 Å². The van der Waals surface area contributed by atoms with Gasteiger partial charge in [0.05, 0.1) is 6.10 Å². The van der Waals surface area contributed by atoms with Crippen molar-refractivity contribution < 1.29 is 13.9 Å². The van der Waals surface area contributed by atoms with Crippen LogP contribution in [-0.4, -0.2) is 64.0 Å². The summed E-state index contributed by atoms with van der Waals surface area (Å²) in [5, 5.41) is 3.35. The number of halogens is 3. The van der Waals surface area contributed by atoms with Crippen LogP contribution in [0.4, 0.5) is 4.39 Å². The minimum Gasteiger partial charge on any atom is -0.385 e. The molecule has 0 radical (unpaired) electrons. The van der Waals surface area contributed by atoms with Crippen LogP contribution in [0, 0.1) is 5.82 Å². The fraction of sp³-hybridized carbons (Fsp3) is 0.632. The van der Waals surface area contributed by atoms with Crippen LogP contribution in [0.5, 0.6) is 0 Å². The number of methoxy groups -OCH3 is 1. The van der Waals surface area contributed by atoms with Crippen molar-refractivity contribution in [3.63, 3.8) is 0 Å². The molecule has 1 heterocycles. The van der Waals surface area contributed by atoms with Crippen LogP contribution >= 0.6 is 39.9 Å². The number of ether oxygens (including phenoxy) is 2. The Morgan fingerprint density at radius 3 is 2.74 bits per heavy atom. The first kappa shape index (κ1) is 24.6. The number of rotatable bonds is 8. The lowest BCUT2D eigenvalue weighted by Crippen LogP contribution is -2.47. The lowest BCUT2D eigenvalue weighted by molar-refractivity contribution is 0.00991. The van der Waals surface area contributed by atoms with Gasteiger partial charge in [-0.25, -0.2) is 4.39 Å². The monoisotopic (exact) mass is 557 g/mol. The molecule has 0 spiro atoms. The van der Waals surface area contributed by atoms with Gasteiger partial charge in [0.1, 0.15) is 5.82 Å². The van der Waals surface area contributed by atoms with E-state index in [0.29, 0.717) is 24.6 Å². The summed E-state index contributed by atoms with van der Waals surface area (Å²) in [7, 11) is 3.50. The standard InChI is InChI=1S/C19H29BrFN3O2.HI/c1-22-19(23-9-6-15-14-16(20)4-5-18(15)21)24-10-7-17(8-11-24)26-13-3-12-25-2;/h4-5,14,17H,3,6-13H2,1-2H3,(H,22,23);1H. The SMILES string of the molecule is CN=C(NCCc1cc(Br)ccc1F)N1CCC(OCCCOC)CC1.I. The maximum Gasteiger partial charge on any atom is 0.193 e. The number of piperidine rings is 1. The molecule has 154 valence electrons. The molecular weight excluding hydrogens is 528 g/mol. The van der Waals surface area contributed by atoms with E-state index in [2.05, 4.69) is 31.1 Å². The third-order valence-corrected chi connectivity index (χ3v) is 4.98. The van der Waals surface area contributed by atoms with Crippen molar-refractivity contribution in [2.45, 2.75) is 31.8 Å². The maximum absolute atomic E-state index is 13.8. The molecular formula is C19H30BrFIN3O2. The van der Waals surface area contributed by atoms with Crippen molar-refractivity contribution in [2.75, 3.05) is 47.0 Å². The molecule has 2 rings (SSSR count). The third kappa shape index (κ3) is 8.62. The number of hydrogen-bond acceptors (Lipinski definition) is 3. The van der Waals surface area contributed by atoms with E-state index in [0.717, 1.165) is 56.0 Å². The van der Waals surface area contributed by atoms with E-state index in [1.54, 1.807) is 20.2 Å². The van der Waals surface area contributed by atoms with Crippen molar-refractivity contribution in [1.82, 2.24) is 10.2 Å². The number of nitrogens with zero attached hydrogens (tertiary/aromatic N) is 2. The molecule has 1 fully saturated rings. The summed E-state index contributed by atoms with van der Waals surface area (Å²) in [5.41, 5.74) is 0.700. The topological polar surface area (TPSA) is 46.1 Å². The van der Waals surface area contributed by atoms with Gasteiger partial charge < -0.3 is 19.7 Å². The summed E-state index contributed by atoms with van der Waals surface area (Å²) < 4.78 is 25.6. The molecule has 5 nitrogen and oxygen atoms in total. The average molecular weight is 558 g/mol. The number of aliphatic imine (C=N–C) groups is 1. The molecule has 1 aromatic rings. The highest BCUT2D eigenvalue weighted by Gasteiger charge is 2.21. The van der Waals surface area contributed by atoms with Gasteiger partial charge in [0.2, 0.25) is 0 Å². The van der Waals surface area contributed by atoms with Crippen molar-refractivity contribution in [3.05, 3.63) is 34.1 Å². The van der Waals surface area contributed by atoms with Crippen molar-refractivity contribution in [2.24, 2.45) is 4.99 Å². The Hall–Kier alpha value is -0.450. The first-order valence-corrected chi connectivity index (χ1v) is 9.93. The number of guanidine groups is 1. The molecule has 8 heteroatoms. The predicted molar refractivity (Wildman–Crippen MR) is 122 cm³/mol. The van der Waals surface area contributed by atoms with E-state index in [1.807, 2.05) is 6.07 Å². The largest absolute Gasteiger partial charge is 0.385 e. The smallest absolute Gasteiger partial charge is 0.193 e. The maximum atomic E-state index is 13.8. The number of nitrogens with one attached hydrogen (secondary N) is 1. The van der Waals surface area contributed by atoms with Crippen LogP contribution in [-0.2, 0) is 15.9 Å². The molecule has 27 heavy (non-hydrogen) atoms. The Morgan fingerprint density at radius 1 is 1.33 bits per heavy atom. The summed E-state index contributed by atoms with van der Waals surface area (Å²) in [6.07, 6.45) is 3.86. The van der Waals surface area contributed by atoms with Crippen LogP contribution in [0.15, 0.2) is 27.7 Å². The summed E-state index contributed by atoms with van der Waals surface area (Å²) in [6.45, 7) is 3.98. The van der Waals surface area contributed by atoms with E-state index in [9.17, 15) is 4.39 Å². The zero-order valence-corrected chi connectivity index (χ0v) is 20.0. The molecule has 1 aromatic carbocycles. The highest BCUT2D eigenvalue weighted by Crippen LogP contribution is 2.16. The van der Waals surface area contributed by atoms with Crippen LogP contribution in [0.2, 0.25) is 0 Å². The molecule has 0 saturated carbocycles. The van der Waals surface area contributed by atoms with E-state index in [4.69, 9.17) is 9.47 Å². The summed E-state index contributed by atoms with van der Waals surface area (Å²) in [4.78, 5) is 6.61. The number of benzene rings is 1. The third-order valence-electron chi connectivity index (χ3n) is 4.48. The summed E-state index contributed by atoms with van der Waals surface area (Å²) in [6, 6.07) is 5.03. The zero-order chi connectivity index (χ0) is 18.8. The van der Waals surface area contributed by atoms with Gasteiger partial charge in [0, 0.05) is 51.5 Å². The Morgan fingerprint density at radius 2 is 2.07 bits per heavy atom. The normalized spacial score (nSPS) is 15.6. The van der Waals surface area contributed by atoms with Crippen LogP contribution in [0.1, 0.15) is 24.8 Å². The first-order valence-electron chi connectivity index (χ1n) is 9.14. The Labute approximate surface area is 187 Å². The predicted octanol–water partition coefficient (Wildman–Crippen LogP) is 3.84. The van der Waals surface area contributed by atoms with E-state index in [-0.39, 0.29) is 29.8 Å². The molecule has 1 N–H and O–H groups in total. The lowest BCUT2D eigenvalue weighted by Gasteiger charge is -2.34. The molecule has 1 aliphatic rings. The molecule has 0 atom stereocenters. The van der Waals surface area contributed by atoms with Gasteiger partial charge in [-0.15, -0.1) is 24.0 Å². The minimum atomic E-state index is -0.170. The Kier molecular flexibility index (Phi) is 12.5. The second-order valence-corrected chi connectivity index (χ2v) is 7.28. The fourth-order valence-corrected chi connectivity index (χ4v) is 3.47. The van der Waals surface area contributed by atoms with E-state index < -0.39 is 0 Å². The zero-order valence-electron chi connectivity index (χ0n) is 16.0. The second-order valence-electron chi connectivity index (χ2n) is 6.36. The van der Waals surface area contributed by atoms with Crippen molar-refractivity contribution in [1.29, 1.82) is 0 Å². The van der Waals surface area contributed by atoms with Gasteiger partial charge in [-0.3, -0.25) is 4.99 Å². The number of likely N-dealkylation sites (tertiary alicyclic amines) is 1. The van der Waals surface area contributed by atoms with Crippen molar-refractivity contribution in [3.8, 4) is 0 Å². The summed E-state index contributed by atoms with van der Waals surface area (Å²) in [5.74, 6) is 0.703. The molecule has 0 aromatic heterocycles.